The summed E-state index contributed by atoms with van der Waals surface area (Å²) in [7, 11) is 2.15. The van der Waals surface area contributed by atoms with E-state index in [1.165, 1.54) is 38.8 Å². The fraction of sp³-hybridized carbons (Fsp3) is 0.938. The van der Waals surface area contributed by atoms with E-state index < -0.39 is 5.54 Å². The maximum atomic E-state index is 11.8. The number of nitrogens with zero attached hydrogens (tertiary/aromatic N) is 2. The highest BCUT2D eigenvalue weighted by Gasteiger charge is 2.38. The molecule has 0 radical (unpaired) electrons. The van der Waals surface area contributed by atoms with Gasteiger partial charge >= 0.3 is 0 Å². The molecular weight excluding hydrogens is 264 g/mol. The summed E-state index contributed by atoms with van der Waals surface area (Å²) in [5.41, 5.74) is 5.06. The predicted molar refractivity (Wildman–Crippen MR) is 86.1 cm³/mol. The second kappa shape index (κ2) is 7.07. The van der Waals surface area contributed by atoms with Gasteiger partial charge in [0.1, 0.15) is 0 Å². The van der Waals surface area contributed by atoms with Gasteiger partial charge in [0.05, 0.1) is 5.54 Å². The molecule has 5 heteroatoms. The van der Waals surface area contributed by atoms with E-state index in [4.69, 9.17) is 5.73 Å². The molecule has 2 unspecified atom stereocenters. The van der Waals surface area contributed by atoms with Gasteiger partial charge in [-0.05, 0) is 66.1 Å². The van der Waals surface area contributed by atoms with E-state index in [1.807, 2.05) is 6.92 Å². The molecule has 2 fully saturated rings. The minimum atomic E-state index is -0.581. The van der Waals surface area contributed by atoms with E-state index in [-0.39, 0.29) is 5.91 Å². The van der Waals surface area contributed by atoms with Crippen molar-refractivity contribution in [1.82, 2.24) is 15.1 Å². The van der Waals surface area contributed by atoms with Crippen molar-refractivity contribution in [3.05, 3.63) is 0 Å². The Labute approximate surface area is 129 Å². The van der Waals surface area contributed by atoms with E-state index in [2.05, 4.69) is 29.1 Å². The van der Waals surface area contributed by atoms with Crippen LogP contribution in [0.4, 0.5) is 0 Å². The number of likely N-dealkylation sites (N-methyl/N-ethyl adjacent to an activating group) is 1. The monoisotopic (exact) mass is 296 g/mol. The number of rotatable bonds is 9. The lowest BCUT2D eigenvalue weighted by Crippen LogP contribution is -2.57. The van der Waals surface area contributed by atoms with Gasteiger partial charge in [0.15, 0.2) is 0 Å². The summed E-state index contributed by atoms with van der Waals surface area (Å²) in [6.07, 6.45) is 5.79. The van der Waals surface area contributed by atoms with Gasteiger partial charge in [0.2, 0.25) is 5.91 Å². The molecule has 2 aliphatic rings. The zero-order valence-electron chi connectivity index (χ0n) is 13.9. The lowest BCUT2D eigenvalue weighted by Gasteiger charge is -2.35. The molecule has 1 aliphatic carbocycles. The van der Waals surface area contributed by atoms with Crippen molar-refractivity contribution in [2.75, 3.05) is 33.2 Å². The standard InChI is InChI=1S/C16H32N4O/c1-13(19(3)10-11-20-8-4-5-9-20)12-16(2,15(17)21)18-14-6-7-14/h13-14,18H,4-12H2,1-3H3,(H2,17,21). The van der Waals surface area contributed by atoms with E-state index >= 15 is 0 Å². The second-order valence-corrected chi connectivity index (χ2v) is 7.20. The number of nitrogens with two attached hydrogens (primary N) is 1. The van der Waals surface area contributed by atoms with Crippen LogP contribution in [-0.4, -0.2) is 66.6 Å². The Morgan fingerprint density at radius 3 is 2.57 bits per heavy atom. The summed E-state index contributed by atoms with van der Waals surface area (Å²) in [5.74, 6) is -0.228. The van der Waals surface area contributed by atoms with E-state index in [0.29, 0.717) is 12.1 Å². The number of hydrogen-bond donors (Lipinski definition) is 2. The summed E-state index contributed by atoms with van der Waals surface area (Å²) >= 11 is 0. The number of carbonyl (C=O) groups excluding carboxylic acids is 1. The van der Waals surface area contributed by atoms with Crippen molar-refractivity contribution in [3.8, 4) is 0 Å². The Hall–Kier alpha value is -0.650. The highest BCUT2D eigenvalue weighted by atomic mass is 16.1. The molecule has 1 aliphatic heterocycles. The van der Waals surface area contributed by atoms with Crippen molar-refractivity contribution < 1.29 is 4.79 Å². The quantitative estimate of drug-likeness (QED) is 0.660. The van der Waals surface area contributed by atoms with Crippen LogP contribution in [0.15, 0.2) is 0 Å². The number of likely N-dealkylation sites (tertiary alicyclic amines) is 1. The first-order valence-electron chi connectivity index (χ1n) is 8.41. The average Bonchev–Trinajstić information content (AvgIpc) is 3.07. The van der Waals surface area contributed by atoms with Gasteiger partial charge in [-0.15, -0.1) is 0 Å². The topological polar surface area (TPSA) is 61.6 Å². The van der Waals surface area contributed by atoms with E-state index in [1.54, 1.807) is 0 Å². The van der Waals surface area contributed by atoms with Gasteiger partial charge in [0.25, 0.3) is 0 Å². The smallest absolute Gasteiger partial charge is 0.237 e. The van der Waals surface area contributed by atoms with Crippen LogP contribution in [0.5, 0.6) is 0 Å². The predicted octanol–water partition coefficient (Wildman–Crippen LogP) is 0.789. The van der Waals surface area contributed by atoms with Crippen molar-refractivity contribution in [2.45, 2.75) is 63.6 Å². The summed E-state index contributed by atoms with van der Waals surface area (Å²) in [6.45, 7) is 8.82. The molecule has 5 nitrogen and oxygen atoms in total. The molecule has 0 spiro atoms. The van der Waals surface area contributed by atoms with Crippen molar-refractivity contribution >= 4 is 5.91 Å². The van der Waals surface area contributed by atoms with Crippen LogP contribution in [0, 0.1) is 0 Å². The average molecular weight is 296 g/mol. The molecular formula is C16H32N4O. The number of primary amides is 1. The SMILES string of the molecule is CC(CC(C)(NC1CC1)C(N)=O)N(C)CCN1CCCC1. The highest BCUT2D eigenvalue weighted by Crippen LogP contribution is 2.25. The Kier molecular flexibility index (Phi) is 5.63. The van der Waals surface area contributed by atoms with Crippen LogP contribution in [0.25, 0.3) is 0 Å². The van der Waals surface area contributed by atoms with Crippen molar-refractivity contribution in [1.29, 1.82) is 0 Å². The van der Waals surface area contributed by atoms with Crippen LogP contribution < -0.4 is 11.1 Å². The lowest BCUT2D eigenvalue weighted by atomic mass is 9.92. The molecule has 0 aromatic carbocycles. The zero-order valence-corrected chi connectivity index (χ0v) is 13.9. The maximum Gasteiger partial charge on any atom is 0.237 e. The normalized spacial score (nSPS) is 24.2. The number of carbonyl (C=O) groups is 1. The largest absolute Gasteiger partial charge is 0.368 e. The first-order chi connectivity index (χ1) is 9.90. The minimum Gasteiger partial charge on any atom is -0.368 e. The third-order valence-corrected chi connectivity index (χ3v) is 5.07. The Morgan fingerprint density at radius 1 is 1.43 bits per heavy atom. The fourth-order valence-electron chi connectivity index (χ4n) is 3.18. The summed E-state index contributed by atoms with van der Waals surface area (Å²) in [6, 6.07) is 0.834. The third-order valence-electron chi connectivity index (χ3n) is 5.07. The first kappa shape index (κ1) is 16.7. The molecule has 2 rings (SSSR count). The van der Waals surface area contributed by atoms with Gasteiger partial charge in [-0.25, -0.2) is 0 Å². The number of hydrogen-bond acceptors (Lipinski definition) is 4. The molecule has 21 heavy (non-hydrogen) atoms. The number of amides is 1. The molecule has 2 atom stereocenters. The fourth-order valence-corrected chi connectivity index (χ4v) is 3.18. The van der Waals surface area contributed by atoms with E-state index in [9.17, 15) is 4.79 Å². The maximum absolute atomic E-state index is 11.8. The van der Waals surface area contributed by atoms with E-state index in [0.717, 1.165) is 19.5 Å². The van der Waals surface area contributed by atoms with Crippen LogP contribution in [-0.2, 0) is 4.79 Å². The Bertz CT molecular complexity index is 352. The van der Waals surface area contributed by atoms with Crippen molar-refractivity contribution in [2.24, 2.45) is 5.73 Å². The second-order valence-electron chi connectivity index (χ2n) is 7.20. The third kappa shape index (κ3) is 4.94. The lowest BCUT2D eigenvalue weighted by molar-refractivity contribution is -0.124. The Morgan fingerprint density at radius 2 is 2.05 bits per heavy atom. The van der Waals surface area contributed by atoms with Crippen LogP contribution >= 0.6 is 0 Å². The molecule has 122 valence electrons. The summed E-state index contributed by atoms with van der Waals surface area (Å²) < 4.78 is 0. The Balaban J connectivity index is 1.79. The van der Waals surface area contributed by atoms with Gasteiger partial charge < -0.3 is 20.9 Å². The van der Waals surface area contributed by atoms with Gasteiger partial charge in [0, 0.05) is 25.2 Å². The van der Waals surface area contributed by atoms with Crippen LogP contribution in [0.3, 0.4) is 0 Å². The molecule has 0 bridgehead atoms. The molecule has 3 N–H and O–H groups in total. The highest BCUT2D eigenvalue weighted by molar-refractivity contribution is 5.84. The number of nitrogens with one attached hydrogen (secondary N) is 1. The minimum absolute atomic E-state index is 0.228. The first-order valence-corrected chi connectivity index (χ1v) is 8.41. The van der Waals surface area contributed by atoms with Crippen molar-refractivity contribution in [3.63, 3.8) is 0 Å². The zero-order chi connectivity index (χ0) is 15.5. The molecule has 1 saturated heterocycles. The molecule has 1 heterocycles. The summed E-state index contributed by atoms with van der Waals surface area (Å²) in [5, 5.41) is 3.44. The van der Waals surface area contributed by atoms with Gasteiger partial charge in [-0.2, -0.15) is 0 Å². The molecule has 0 aromatic rings. The van der Waals surface area contributed by atoms with Gasteiger partial charge in [-0.3, -0.25) is 4.79 Å². The molecule has 0 aromatic heterocycles. The van der Waals surface area contributed by atoms with Gasteiger partial charge in [-0.1, -0.05) is 0 Å². The summed E-state index contributed by atoms with van der Waals surface area (Å²) in [4.78, 5) is 16.7. The molecule has 1 amide bonds. The van der Waals surface area contributed by atoms with Crippen LogP contribution in [0.2, 0.25) is 0 Å². The molecule has 1 saturated carbocycles. The van der Waals surface area contributed by atoms with Crippen LogP contribution in [0.1, 0.15) is 46.0 Å².